The van der Waals surface area contributed by atoms with Gasteiger partial charge in [-0.15, -0.1) is 0 Å². The van der Waals surface area contributed by atoms with Crippen molar-refractivity contribution in [2.45, 2.75) is 51.5 Å². The van der Waals surface area contributed by atoms with Crippen LogP contribution in [0.25, 0.3) is 0 Å². The van der Waals surface area contributed by atoms with Gasteiger partial charge in [0, 0.05) is 25.3 Å². The topological polar surface area (TPSA) is 79.5 Å². The lowest BCUT2D eigenvalue weighted by molar-refractivity contribution is -0.136. The molecule has 1 aromatic rings. The smallest absolute Gasteiger partial charge is 0.228 e. The molecule has 1 saturated heterocycles. The van der Waals surface area contributed by atoms with Crippen LogP contribution in [0.1, 0.15) is 50.5 Å². The lowest BCUT2D eigenvalue weighted by Gasteiger charge is -2.35. The molecule has 6 nitrogen and oxygen atoms in total. The molecule has 28 heavy (non-hydrogen) atoms. The second-order valence-corrected chi connectivity index (χ2v) is 8.17. The van der Waals surface area contributed by atoms with Crippen LogP contribution in [-0.4, -0.2) is 38.6 Å². The summed E-state index contributed by atoms with van der Waals surface area (Å²) in [6.07, 6.45) is 7.05. The number of carbonyl (C=O) groups is 2. The zero-order chi connectivity index (χ0) is 19.8. The summed E-state index contributed by atoms with van der Waals surface area (Å²) >= 11 is 0. The Morgan fingerprint density at radius 1 is 1.18 bits per heavy atom. The van der Waals surface area contributed by atoms with Crippen LogP contribution in [0.3, 0.4) is 0 Å². The summed E-state index contributed by atoms with van der Waals surface area (Å²) < 4.78 is 5.34. The van der Waals surface area contributed by atoms with Crippen LogP contribution in [0, 0.1) is 11.3 Å². The van der Waals surface area contributed by atoms with E-state index >= 15 is 0 Å². The summed E-state index contributed by atoms with van der Waals surface area (Å²) in [5.74, 6) is 0.299. The maximum atomic E-state index is 12.9. The van der Waals surface area contributed by atoms with Crippen molar-refractivity contribution < 1.29 is 14.3 Å². The molecule has 3 rings (SSSR count). The van der Waals surface area contributed by atoms with Gasteiger partial charge in [-0.05, 0) is 56.5 Å². The number of rotatable bonds is 7. The van der Waals surface area contributed by atoms with Crippen molar-refractivity contribution in [3.05, 3.63) is 29.8 Å². The Kier molecular flexibility index (Phi) is 7.45. The lowest BCUT2D eigenvalue weighted by Crippen LogP contribution is -2.49. The van der Waals surface area contributed by atoms with Gasteiger partial charge in [0.2, 0.25) is 11.8 Å². The second-order valence-electron chi connectivity index (χ2n) is 8.17. The Hall–Kier alpha value is -1.92. The van der Waals surface area contributed by atoms with Gasteiger partial charge in [0.25, 0.3) is 0 Å². The Bertz CT molecular complexity index is 659. The molecular weight excluding hydrogens is 354 g/mol. The second kappa shape index (κ2) is 10.0. The molecule has 1 saturated carbocycles. The lowest BCUT2D eigenvalue weighted by atomic mass is 9.78. The predicted octanol–water partition coefficient (Wildman–Crippen LogP) is 2.84. The normalized spacial score (nSPS) is 19.8. The van der Waals surface area contributed by atoms with E-state index < -0.39 is 5.41 Å². The number of piperidine rings is 1. The van der Waals surface area contributed by atoms with Crippen LogP contribution in [0.15, 0.2) is 24.3 Å². The van der Waals surface area contributed by atoms with E-state index in [4.69, 9.17) is 4.74 Å². The van der Waals surface area contributed by atoms with E-state index in [9.17, 15) is 9.59 Å². The molecule has 1 heterocycles. The largest absolute Gasteiger partial charge is 0.384 e. The Morgan fingerprint density at radius 3 is 2.64 bits per heavy atom. The summed E-state index contributed by atoms with van der Waals surface area (Å²) in [5, 5.41) is 9.43. The number of carbonyl (C=O) groups excluding carboxylic acids is 2. The van der Waals surface area contributed by atoms with E-state index in [1.54, 1.807) is 7.11 Å². The zero-order valence-electron chi connectivity index (χ0n) is 16.9. The molecule has 1 aromatic carbocycles. The highest BCUT2D eigenvalue weighted by molar-refractivity contribution is 5.92. The predicted molar refractivity (Wildman–Crippen MR) is 110 cm³/mol. The van der Waals surface area contributed by atoms with Gasteiger partial charge in [-0.3, -0.25) is 9.59 Å². The fraction of sp³-hybridized carbons (Fsp3) is 0.636. The molecule has 0 aromatic heterocycles. The van der Waals surface area contributed by atoms with Crippen LogP contribution in [0.5, 0.6) is 0 Å². The minimum atomic E-state index is -0.452. The number of nitrogens with one attached hydrogen (secondary N) is 3. The fourth-order valence-electron chi connectivity index (χ4n) is 4.36. The first-order valence-corrected chi connectivity index (χ1v) is 10.5. The third kappa shape index (κ3) is 5.32. The number of methoxy groups -OCH3 is 1. The quantitative estimate of drug-likeness (QED) is 0.672. The molecule has 1 aliphatic heterocycles. The number of hydrogen-bond acceptors (Lipinski definition) is 4. The highest BCUT2D eigenvalue weighted by atomic mass is 16.5. The van der Waals surface area contributed by atoms with Crippen molar-refractivity contribution in [2.75, 3.05) is 32.1 Å². The molecule has 0 bridgehead atoms. The van der Waals surface area contributed by atoms with Gasteiger partial charge < -0.3 is 20.7 Å². The molecule has 3 N–H and O–H groups in total. The molecule has 0 radical (unpaired) electrons. The maximum Gasteiger partial charge on any atom is 0.228 e. The molecule has 0 unspecified atom stereocenters. The molecule has 2 fully saturated rings. The first-order valence-electron chi connectivity index (χ1n) is 10.5. The zero-order valence-corrected chi connectivity index (χ0v) is 16.9. The number of amides is 2. The number of hydrogen-bond donors (Lipinski definition) is 3. The van der Waals surface area contributed by atoms with Gasteiger partial charge >= 0.3 is 0 Å². The van der Waals surface area contributed by atoms with Crippen molar-refractivity contribution in [2.24, 2.45) is 11.3 Å². The van der Waals surface area contributed by atoms with Gasteiger partial charge in [0.05, 0.1) is 12.0 Å². The minimum Gasteiger partial charge on any atom is -0.384 e. The monoisotopic (exact) mass is 387 g/mol. The molecule has 154 valence electrons. The Balaban J connectivity index is 1.56. The van der Waals surface area contributed by atoms with Crippen molar-refractivity contribution >= 4 is 17.5 Å². The summed E-state index contributed by atoms with van der Waals surface area (Å²) in [6, 6.07) is 7.76. The minimum absolute atomic E-state index is 0.0486. The Morgan fingerprint density at radius 2 is 1.93 bits per heavy atom. The van der Waals surface area contributed by atoms with Crippen molar-refractivity contribution in [1.82, 2.24) is 10.6 Å². The van der Waals surface area contributed by atoms with Crippen LogP contribution in [0.4, 0.5) is 5.69 Å². The van der Waals surface area contributed by atoms with E-state index in [2.05, 4.69) is 16.0 Å². The SMILES string of the molecule is COCC1(C(=O)NCc2cccc(NC(=O)C3CCCCC3)c2)CCNCC1. The molecule has 2 amide bonds. The van der Waals surface area contributed by atoms with Crippen molar-refractivity contribution in [3.8, 4) is 0 Å². The van der Waals surface area contributed by atoms with Gasteiger partial charge in [-0.1, -0.05) is 31.4 Å². The molecule has 0 spiro atoms. The average Bonchev–Trinajstić information content (AvgIpc) is 2.74. The van der Waals surface area contributed by atoms with Gasteiger partial charge in [0.1, 0.15) is 0 Å². The molecule has 6 heteroatoms. The van der Waals surface area contributed by atoms with E-state index in [0.717, 1.165) is 62.9 Å². The van der Waals surface area contributed by atoms with Gasteiger partial charge in [-0.25, -0.2) is 0 Å². The average molecular weight is 388 g/mol. The van der Waals surface area contributed by atoms with Gasteiger partial charge in [0.15, 0.2) is 0 Å². The highest BCUT2D eigenvalue weighted by Gasteiger charge is 2.39. The van der Waals surface area contributed by atoms with Gasteiger partial charge in [-0.2, -0.15) is 0 Å². The standard InChI is InChI=1S/C22H33N3O3/c1-28-16-22(10-12-23-13-11-22)21(27)24-15-17-6-5-9-19(14-17)25-20(26)18-7-3-2-4-8-18/h5-6,9,14,18,23H,2-4,7-8,10-13,15-16H2,1H3,(H,24,27)(H,25,26). The third-order valence-electron chi connectivity index (χ3n) is 6.09. The van der Waals surface area contributed by atoms with Crippen molar-refractivity contribution in [3.63, 3.8) is 0 Å². The molecule has 0 atom stereocenters. The van der Waals surface area contributed by atoms with E-state index in [0.29, 0.717) is 13.2 Å². The highest BCUT2D eigenvalue weighted by Crippen LogP contribution is 2.29. The summed E-state index contributed by atoms with van der Waals surface area (Å²) in [4.78, 5) is 25.3. The summed E-state index contributed by atoms with van der Waals surface area (Å²) in [5.41, 5.74) is 1.33. The number of benzene rings is 1. The summed E-state index contributed by atoms with van der Waals surface area (Å²) in [6.45, 7) is 2.56. The molecular formula is C22H33N3O3. The number of anilines is 1. The van der Waals surface area contributed by atoms with Crippen molar-refractivity contribution in [1.29, 1.82) is 0 Å². The van der Waals surface area contributed by atoms with Crippen LogP contribution >= 0.6 is 0 Å². The Labute approximate surface area is 167 Å². The first-order chi connectivity index (χ1) is 13.6. The van der Waals surface area contributed by atoms with Crippen LogP contribution in [-0.2, 0) is 20.9 Å². The van der Waals surface area contributed by atoms with Crippen LogP contribution < -0.4 is 16.0 Å². The van der Waals surface area contributed by atoms with Crippen LogP contribution in [0.2, 0.25) is 0 Å². The van der Waals surface area contributed by atoms with E-state index in [-0.39, 0.29) is 17.7 Å². The molecule has 2 aliphatic rings. The summed E-state index contributed by atoms with van der Waals surface area (Å²) in [7, 11) is 1.65. The maximum absolute atomic E-state index is 12.9. The van der Waals surface area contributed by atoms with E-state index in [1.165, 1.54) is 6.42 Å². The number of ether oxygens (including phenoxy) is 1. The third-order valence-corrected chi connectivity index (χ3v) is 6.09. The molecule has 1 aliphatic carbocycles. The fourth-order valence-corrected chi connectivity index (χ4v) is 4.36. The van der Waals surface area contributed by atoms with E-state index in [1.807, 2.05) is 24.3 Å². The first kappa shape index (κ1) is 20.8.